The first kappa shape index (κ1) is 15.7. The van der Waals surface area contributed by atoms with Crippen molar-refractivity contribution >= 4 is 16.5 Å². The second-order valence-electron chi connectivity index (χ2n) is 4.41. The third kappa shape index (κ3) is 5.46. The minimum Gasteiger partial charge on any atom is -0.387 e. The van der Waals surface area contributed by atoms with Gasteiger partial charge >= 0.3 is 0 Å². The van der Waals surface area contributed by atoms with Gasteiger partial charge in [0.15, 0.2) is 0 Å². The number of nitro groups is 1. The number of non-ortho nitro benzene ring substituents is 1. The first-order valence-corrected chi connectivity index (χ1v) is 7.58. The van der Waals surface area contributed by atoms with Crippen molar-refractivity contribution in [1.29, 1.82) is 0 Å². The molecule has 0 saturated carbocycles. The lowest BCUT2D eigenvalue weighted by atomic mass is 10.1. The topological polar surface area (TPSA) is 92.5 Å². The Balaban J connectivity index is 2.51. The van der Waals surface area contributed by atoms with Crippen molar-refractivity contribution in [3.8, 4) is 0 Å². The molecule has 0 fully saturated rings. The van der Waals surface area contributed by atoms with E-state index in [1.807, 2.05) is 6.92 Å². The number of aliphatic hydroxyl groups excluding tert-OH is 1. The number of rotatable bonds is 7. The van der Waals surface area contributed by atoms with Gasteiger partial charge in [0.05, 0.1) is 11.0 Å². The molecule has 0 spiro atoms. The smallest absolute Gasteiger partial charge is 0.269 e. The molecule has 0 aliphatic rings. The lowest BCUT2D eigenvalue weighted by molar-refractivity contribution is -0.384. The molecule has 0 aliphatic carbocycles. The third-order valence-electron chi connectivity index (χ3n) is 2.63. The average molecular weight is 286 g/mol. The summed E-state index contributed by atoms with van der Waals surface area (Å²) in [5, 5.41) is 23.5. The van der Waals surface area contributed by atoms with E-state index in [0.29, 0.717) is 17.9 Å². The van der Waals surface area contributed by atoms with Crippen molar-refractivity contribution in [2.24, 2.45) is 0 Å². The summed E-state index contributed by atoms with van der Waals surface area (Å²) in [6.45, 7) is 2.21. The Morgan fingerprint density at radius 3 is 2.47 bits per heavy atom. The van der Waals surface area contributed by atoms with Crippen molar-refractivity contribution in [2.45, 2.75) is 19.1 Å². The van der Waals surface area contributed by atoms with Gasteiger partial charge in [0.1, 0.15) is 0 Å². The second kappa shape index (κ2) is 7.32. The molecule has 0 saturated heterocycles. The van der Waals surface area contributed by atoms with Gasteiger partial charge in [-0.2, -0.15) is 0 Å². The maximum Gasteiger partial charge on any atom is 0.269 e. The van der Waals surface area contributed by atoms with Crippen LogP contribution < -0.4 is 5.32 Å². The number of benzene rings is 1. The van der Waals surface area contributed by atoms with E-state index in [-0.39, 0.29) is 11.7 Å². The van der Waals surface area contributed by atoms with Crippen molar-refractivity contribution in [1.82, 2.24) is 5.32 Å². The highest BCUT2D eigenvalue weighted by Crippen LogP contribution is 2.17. The SMILES string of the molecule is CC(CS(C)=O)NCC(O)c1ccc([N+](=O)[O-])cc1. The first-order valence-electron chi connectivity index (χ1n) is 5.86. The summed E-state index contributed by atoms with van der Waals surface area (Å²) < 4.78 is 11.0. The molecule has 0 aromatic heterocycles. The van der Waals surface area contributed by atoms with Crippen LogP contribution in [0, 0.1) is 10.1 Å². The zero-order valence-electron chi connectivity index (χ0n) is 10.9. The molecular formula is C12H18N2O4S. The number of nitro benzene ring substituents is 1. The average Bonchev–Trinajstić information content (AvgIpc) is 2.35. The Kier molecular flexibility index (Phi) is 6.07. The van der Waals surface area contributed by atoms with Crippen molar-refractivity contribution in [3.63, 3.8) is 0 Å². The highest BCUT2D eigenvalue weighted by atomic mass is 32.2. The second-order valence-corrected chi connectivity index (χ2v) is 5.89. The van der Waals surface area contributed by atoms with Crippen LogP contribution in [0.2, 0.25) is 0 Å². The molecule has 106 valence electrons. The minimum atomic E-state index is -0.882. The van der Waals surface area contributed by atoms with Gasteiger partial charge in [-0.25, -0.2) is 0 Å². The Bertz CT molecular complexity index is 450. The number of nitrogens with zero attached hydrogens (tertiary/aromatic N) is 1. The lowest BCUT2D eigenvalue weighted by Gasteiger charge is -2.16. The van der Waals surface area contributed by atoms with Gasteiger partial charge < -0.3 is 10.4 Å². The highest BCUT2D eigenvalue weighted by Gasteiger charge is 2.12. The maximum absolute atomic E-state index is 11.0. The van der Waals surface area contributed by atoms with Crippen LogP contribution in [0.15, 0.2) is 24.3 Å². The van der Waals surface area contributed by atoms with E-state index in [4.69, 9.17) is 0 Å². The number of nitrogens with one attached hydrogen (secondary N) is 1. The fourth-order valence-electron chi connectivity index (χ4n) is 1.66. The van der Waals surface area contributed by atoms with Gasteiger partial charge in [-0.15, -0.1) is 0 Å². The molecule has 0 heterocycles. The first-order chi connectivity index (χ1) is 8.90. The summed E-state index contributed by atoms with van der Waals surface area (Å²) in [6, 6.07) is 5.84. The maximum atomic E-state index is 11.0. The Hall–Kier alpha value is -1.31. The summed E-state index contributed by atoms with van der Waals surface area (Å²) >= 11 is 0. The highest BCUT2D eigenvalue weighted by molar-refractivity contribution is 7.84. The molecule has 3 unspecified atom stereocenters. The summed E-state index contributed by atoms with van der Waals surface area (Å²) in [5.74, 6) is 0.521. The van der Waals surface area contributed by atoms with Gasteiger partial charge in [0, 0.05) is 47.5 Å². The van der Waals surface area contributed by atoms with Crippen LogP contribution >= 0.6 is 0 Å². The molecule has 6 nitrogen and oxygen atoms in total. The van der Waals surface area contributed by atoms with Crippen molar-refractivity contribution < 1.29 is 14.2 Å². The van der Waals surface area contributed by atoms with E-state index in [0.717, 1.165) is 0 Å². The molecule has 0 bridgehead atoms. The predicted octanol–water partition coefficient (Wildman–Crippen LogP) is 0.985. The van der Waals surface area contributed by atoms with Gasteiger partial charge in [-0.1, -0.05) is 0 Å². The van der Waals surface area contributed by atoms with Crippen LogP contribution in [-0.4, -0.2) is 38.8 Å². The molecule has 19 heavy (non-hydrogen) atoms. The zero-order chi connectivity index (χ0) is 14.4. The van der Waals surface area contributed by atoms with E-state index in [1.165, 1.54) is 24.3 Å². The monoisotopic (exact) mass is 286 g/mol. The summed E-state index contributed by atoms with van der Waals surface area (Å²) in [5.41, 5.74) is 0.613. The summed E-state index contributed by atoms with van der Waals surface area (Å²) in [6.07, 6.45) is 0.888. The zero-order valence-corrected chi connectivity index (χ0v) is 11.7. The number of hydrogen-bond donors (Lipinski definition) is 2. The van der Waals surface area contributed by atoms with Crippen LogP contribution in [0.3, 0.4) is 0 Å². The van der Waals surface area contributed by atoms with E-state index in [9.17, 15) is 19.4 Å². The molecular weight excluding hydrogens is 268 g/mol. The molecule has 2 N–H and O–H groups in total. The fraction of sp³-hybridized carbons (Fsp3) is 0.500. The van der Waals surface area contributed by atoms with Gasteiger partial charge in [-0.05, 0) is 24.6 Å². The third-order valence-corrected chi connectivity index (χ3v) is 3.60. The Morgan fingerprint density at radius 2 is 2.00 bits per heavy atom. The van der Waals surface area contributed by atoms with Gasteiger partial charge in [-0.3, -0.25) is 14.3 Å². The van der Waals surface area contributed by atoms with Crippen LogP contribution in [-0.2, 0) is 10.8 Å². The van der Waals surface area contributed by atoms with Gasteiger partial charge in [0.25, 0.3) is 5.69 Å². The predicted molar refractivity (Wildman–Crippen MR) is 74.5 cm³/mol. The largest absolute Gasteiger partial charge is 0.387 e. The number of hydrogen-bond acceptors (Lipinski definition) is 5. The van der Waals surface area contributed by atoms with E-state index in [1.54, 1.807) is 6.26 Å². The van der Waals surface area contributed by atoms with E-state index >= 15 is 0 Å². The molecule has 1 rings (SSSR count). The van der Waals surface area contributed by atoms with E-state index < -0.39 is 21.8 Å². The Morgan fingerprint density at radius 1 is 1.42 bits per heavy atom. The fourth-order valence-corrected chi connectivity index (χ4v) is 2.48. The van der Waals surface area contributed by atoms with Crippen LogP contribution in [0.4, 0.5) is 5.69 Å². The summed E-state index contributed by atoms with van der Waals surface area (Å²) in [4.78, 5) is 10.0. The summed E-state index contributed by atoms with van der Waals surface area (Å²) in [7, 11) is -0.882. The van der Waals surface area contributed by atoms with Gasteiger partial charge in [0.2, 0.25) is 0 Å². The van der Waals surface area contributed by atoms with Crippen molar-refractivity contribution in [3.05, 3.63) is 39.9 Å². The molecule has 7 heteroatoms. The van der Waals surface area contributed by atoms with Crippen LogP contribution in [0.25, 0.3) is 0 Å². The Labute approximate surface area is 114 Å². The lowest BCUT2D eigenvalue weighted by Crippen LogP contribution is -2.34. The molecule has 3 atom stereocenters. The molecule has 0 aliphatic heterocycles. The normalized spacial score (nSPS) is 15.7. The standard InChI is InChI=1S/C12H18N2O4S/c1-9(8-19(2)18)13-7-12(15)10-3-5-11(6-4-10)14(16)17/h3-6,9,12-13,15H,7-8H2,1-2H3. The number of aliphatic hydroxyl groups is 1. The quantitative estimate of drug-likeness (QED) is 0.576. The molecule has 0 amide bonds. The molecule has 1 aromatic carbocycles. The van der Waals surface area contributed by atoms with Crippen LogP contribution in [0.5, 0.6) is 0 Å². The van der Waals surface area contributed by atoms with Crippen LogP contribution in [0.1, 0.15) is 18.6 Å². The van der Waals surface area contributed by atoms with E-state index in [2.05, 4.69) is 5.32 Å². The minimum absolute atomic E-state index is 0.00124. The molecule has 0 radical (unpaired) electrons. The molecule has 1 aromatic rings. The van der Waals surface area contributed by atoms with Crippen molar-refractivity contribution in [2.75, 3.05) is 18.6 Å².